The van der Waals surface area contributed by atoms with Crippen LogP contribution in [-0.4, -0.2) is 64.7 Å². The van der Waals surface area contributed by atoms with Crippen LogP contribution < -0.4 is 4.90 Å². The van der Waals surface area contributed by atoms with Crippen molar-refractivity contribution in [3.63, 3.8) is 0 Å². The molecule has 1 N–H and O–H groups in total. The number of aryl methyl sites for hydroxylation is 1. The predicted molar refractivity (Wildman–Crippen MR) is 126 cm³/mol. The molecule has 8 nitrogen and oxygen atoms in total. The second-order valence-corrected chi connectivity index (χ2v) is 9.75. The third kappa shape index (κ3) is 4.92. The number of ether oxygens (including phenoxy) is 1. The minimum atomic E-state index is -0.833. The highest BCUT2D eigenvalue weighted by Crippen LogP contribution is 2.38. The zero-order chi connectivity index (χ0) is 22.7. The third-order valence-electron chi connectivity index (χ3n) is 5.37. The molecule has 2 aliphatic heterocycles. The van der Waals surface area contributed by atoms with Crippen LogP contribution in [0.25, 0.3) is 10.2 Å². The van der Waals surface area contributed by atoms with Crippen LogP contribution in [0.5, 0.6) is 0 Å². The number of aliphatic carboxylic acids is 1. The Morgan fingerprint density at radius 3 is 2.56 bits per heavy atom. The van der Waals surface area contributed by atoms with Crippen LogP contribution in [0.1, 0.15) is 46.2 Å². The lowest BCUT2D eigenvalue weighted by atomic mass is 10.2. The van der Waals surface area contributed by atoms with E-state index in [4.69, 9.17) is 19.6 Å². The van der Waals surface area contributed by atoms with Crippen LogP contribution in [-0.2, 0) is 9.53 Å². The number of carboxylic acid groups (broad SMARTS) is 1. The molecule has 0 saturated carbocycles. The van der Waals surface area contributed by atoms with E-state index in [1.54, 1.807) is 11.3 Å². The van der Waals surface area contributed by atoms with Gasteiger partial charge < -0.3 is 19.6 Å². The summed E-state index contributed by atoms with van der Waals surface area (Å²) in [4.78, 5) is 36.9. The fraction of sp³-hybridized carbons (Fsp3) is 0.455. The zero-order valence-electron chi connectivity index (χ0n) is 18.1. The van der Waals surface area contributed by atoms with Gasteiger partial charge in [-0.15, -0.1) is 11.3 Å². The molecule has 1 atom stereocenters. The highest BCUT2D eigenvalue weighted by Gasteiger charge is 2.34. The maximum absolute atomic E-state index is 13.4. The van der Waals surface area contributed by atoms with Gasteiger partial charge in [0.25, 0.3) is 11.9 Å². The molecule has 0 spiro atoms. The van der Waals surface area contributed by atoms with Gasteiger partial charge in [0.05, 0.1) is 35.2 Å². The normalized spacial score (nSPS) is 18.5. The topological polar surface area (TPSA) is 95.9 Å². The number of fused-ring (bicyclic) bond motifs is 1. The Labute approximate surface area is 194 Å². The number of carbonyl (C=O) groups is 2. The quantitative estimate of drug-likeness (QED) is 0.614. The molecule has 2 saturated heterocycles. The van der Waals surface area contributed by atoms with Gasteiger partial charge in [-0.05, 0) is 31.9 Å². The number of hydrogen-bond donors (Lipinski definition) is 1. The molecule has 2 fully saturated rings. The van der Waals surface area contributed by atoms with Crippen LogP contribution in [0.15, 0.2) is 24.3 Å². The summed E-state index contributed by atoms with van der Waals surface area (Å²) < 4.78 is 6.61. The monoisotopic (exact) mass is 474 g/mol. The van der Waals surface area contributed by atoms with Crippen molar-refractivity contribution in [3.8, 4) is 0 Å². The number of likely N-dealkylation sites (tertiary alicyclic amines) is 1. The molecule has 2 aromatic heterocycles. The van der Waals surface area contributed by atoms with Crippen LogP contribution in [0, 0.1) is 6.92 Å². The van der Waals surface area contributed by atoms with Crippen LogP contribution in [0.3, 0.4) is 0 Å². The number of nitrogens with zero attached hydrogens (tertiary/aromatic N) is 4. The molecule has 4 heterocycles. The van der Waals surface area contributed by atoms with E-state index in [1.807, 2.05) is 30.0 Å². The van der Waals surface area contributed by atoms with Crippen LogP contribution >= 0.6 is 22.7 Å². The first kappa shape index (κ1) is 22.6. The number of carbonyl (C=O) groups excluding carboxylic acids is 1. The van der Waals surface area contributed by atoms with Gasteiger partial charge in [-0.2, -0.15) is 0 Å². The highest BCUT2D eigenvalue weighted by atomic mass is 32.1. The molecule has 1 amide bonds. The van der Waals surface area contributed by atoms with Gasteiger partial charge >= 0.3 is 0 Å². The smallest absolute Gasteiger partial charge is 0.300 e. The van der Waals surface area contributed by atoms with E-state index in [-0.39, 0.29) is 11.9 Å². The number of anilines is 1. The first-order valence-electron chi connectivity index (χ1n) is 10.6. The Morgan fingerprint density at radius 2 is 1.84 bits per heavy atom. The van der Waals surface area contributed by atoms with Crippen molar-refractivity contribution in [2.24, 2.45) is 0 Å². The number of morpholine rings is 1. The van der Waals surface area contributed by atoms with Gasteiger partial charge in [-0.1, -0.05) is 23.5 Å². The van der Waals surface area contributed by atoms with Gasteiger partial charge in [0.1, 0.15) is 9.88 Å². The lowest BCUT2D eigenvalue weighted by Crippen LogP contribution is -2.36. The van der Waals surface area contributed by atoms with Crippen molar-refractivity contribution < 1.29 is 19.4 Å². The molecule has 170 valence electrons. The molecule has 3 aromatic rings. The first-order chi connectivity index (χ1) is 15.4. The summed E-state index contributed by atoms with van der Waals surface area (Å²) in [5.41, 5.74) is 1.84. The molecule has 0 aliphatic carbocycles. The second-order valence-electron chi connectivity index (χ2n) is 7.71. The molecule has 1 aromatic carbocycles. The lowest BCUT2D eigenvalue weighted by Gasteiger charge is -2.26. The number of benzene rings is 1. The van der Waals surface area contributed by atoms with Gasteiger partial charge in [-0.25, -0.2) is 9.97 Å². The SMILES string of the molecule is CC(=O)O.Cc1nc(N2CCOCC2)sc1C(=O)N1CCCC1c1nc2ccccc2s1. The Balaban J connectivity index is 0.000000567. The first-order valence-corrected chi connectivity index (χ1v) is 12.2. The molecule has 10 heteroatoms. The van der Waals surface area contributed by atoms with E-state index in [1.165, 1.54) is 16.0 Å². The van der Waals surface area contributed by atoms with Crippen LogP contribution in [0.4, 0.5) is 5.13 Å². The summed E-state index contributed by atoms with van der Waals surface area (Å²) in [5, 5.41) is 9.39. The summed E-state index contributed by atoms with van der Waals surface area (Å²) in [7, 11) is 0. The van der Waals surface area contributed by atoms with E-state index in [9.17, 15) is 4.79 Å². The second kappa shape index (κ2) is 9.93. The van der Waals surface area contributed by atoms with E-state index in [2.05, 4.69) is 16.0 Å². The van der Waals surface area contributed by atoms with Gasteiger partial charge in [0, 0.05) is 26.6 Å². The maximum atomic E-state index is 13.4. The Morgan fingerprint density at radius 1 is 1.12 bits per heavy atom. The van der Waals surface area contributed by atoms with Crippen LogP contribution in [0.2, 0.25) is 0 Å². The van der Waals surface area contributed by atoms with E-state index in [0.717, 1.165) is 65.6 Å². The number of para-hydroxylation sites is 1. The predicted octanol–water partition coefficient (Wildman–Crippen LogP) is 3.97. The molecule has 5 rings (SSSR count). The molecule has 2 aliphatic rings. The van der Waals surface area contributed by atoms with E-state index < -0.39 is 5.97 Å². The van der Waals surface area contributed by atoms with E-state index >= 15 is 0 Å². The summed E-state index contributed by atoms with van der Waals surface area (Å²) in [6.45, 7) is 6.90. The van der Waals surface area contributed by atoms with Crippen molar-refractivity contribution in [1.29, 1.82) is 0 Å². The standard InChI is InChI=1S/C20H22N4O2S2.C2H4O2/c1-13-17(28-20(21-13)23-9-11-26-12-10-23)19(25)24-8-4-6-15(24)18-22-14-5-2-3-7-16(14)27-18;1-2(3)4/h2-3,5,7,15H,4,6,8-12H2,1H3;1H3,(H,3,4). The lowest BCUT2D eigenvalue weighted by molar-refractivity contribution is -0.134. The molecular weight excluding hydrogens is 448 g/mol. The number of carboxylic acids is 1. The number of rotatable bonds is 3. The number of thiazole rings is 2. The van der Waals surface area contributed by atoms with Crippen molar-refractivity contribution in [2.45, 2.75) is 32.7 Å². The average molecular weight is 475 g/mol. The highest BCUT2D eigenvalue weighted by molar-refractivity contribution is 7.18. The minimum Gasteiger partial charge on any atom is -0.481 e. The Kier molecular flexibility index (Phi) is 7.02. The van der Waals surface area contributed by atoms with E-state index in [0.29, 0.717) is 13.2 Å². The van der Waals surface area contributed by atoms with Crippen molar-refractivity contribution in [2.75, 3.05) is 37.7 Å². The Bertz CT molecular complexity index is 1070. The van der Waals surface area contributed by atoms with Crippen molar-refractivity contribution in [3.05, 3.63) is 39.8 Å². The average Bonchev–Trinajstić information content (AvgIpc) is 3.51. The minimum absolute atomic E-state index is 0.0678. The number of amides is 1. The zero-order valence-corrected chi connectivity index (χ0v) is 19.7. The third-order valence-corrected chi connectivity index (χ3v) is 7.71. The molecule has 32 heavy (non-hydrogen) atoms. The largest absolute Gasteiger partial charge is 0.481 e. The number of aromatic nitrogens is 2. The molecular formula is C22H26N4O4S2. The maximum Gasteiger partial charge on any atom is 0.300 e. The van der Waals surface area contributed by atoms with Gasteiger partial charge in [0.2, 0.25) is 0 Å². The summed E-state index contributed by atoms with van der Waals surface area (Å²) in [6.07, 6.45) is 1.99. The Hall–Kier alpha value is -2.56. The fourth-order valence-corrected chi connectivity index (χ4v) is 6.09. The molecule has 0 radical (unpaired) electrons. The van der Waals surface area contributed by atoms with Gasteiger partial charge in [0.15, 0.2) is 5.13 Å². The van der Waals surface area contributed by atoms with Gasteiger partial charge in [-0.3, -0.25) is 9.59 Å². The number of hydrogen-bond acceptors (Lipinski definition) is 8. The van der Waals surface area contributed by atoms with Crippen molar-refractivity contribution >= 4 is 49.9 Å². The molecule has 1 unspecified atom stereocenters. The summed E-state index contributed by atoms with van der Waals surface area (Å²) >= 11 is 3.22. The summed E-state index contributed by atoms with van der Waals surface area (Å²) in [6, 6.07) is 8.25. The fourth-order valence-electron chi connectivity index (χ4n) is 3.90. The summed E-state index contributed by atoms with van der Waals surface area (Å²) in [5.74, 6) is -0.740. The molecule has 0 bridgehead atoms. The van der Waals surface area contributed by atoms with Crippen molar-refractivity contribution in [1.82, 2.24) is 14.9 Å².